The monoisotopic (exact) mass is 285 g/mol. The van der Waals surface area contributed by atoms with Crippen molar-refractivity contribution in [3.05, 3.63) is 51.5 Å². The lowest BCUT2D eigenvalue weighted by atomic mass is 10.2. The Kier molecular flexibility index (Phi) is 4.88. The van der Waals surface area contributed by atoms with Crippen LogP contribution in [-0.2, 0) is 6.54 Å². The molecule has 102 valence electrons. The van der Waals surface area contributed by atoms with E-state index in [0.29, 0.717) is 18.7 Å². The largest absolute Gasteiger partial charge is 0.346 e. The summed E-state index contributed by atoms with van der Waals surface area (Å²) in [7, 11) is 0. The molecule has 2 heterocycles. The zero-order valence-corrected chi connectivity index (χ0v) is 12.0. The molecule has 0 atom stereocenters. The van der Waals surface area contributed by atoms with Crippen LogP contribution in [-0.4, -0.2) is 17.4 Å². The van der Waals surface area contributed by atoms with Gasteiger partial charge in [0.05, 0.1) is 29.2 Å². The minimum Gasteiger partial charge on any atom is -0.346 e. The summed E-state index contributed by atoms with van der Waals surface area (Å²) in [6.45, 7) is 2.71. The number of carbonyl (C=O) groups excluding carboxylic acids is 1. The molecule has 2 rings (SSSR count). The van der Waals surface area contributed by atoms with Crippen molar-refractivity contribution in [1.82, 2.24) is 10.3 Å². The second-order valence-corrected chi connectivity index (χ2v) is 5.07. The molecule has 0 aliphatic carbocycles. The number of nitrogens with zero attached hydrogens (tertiary/aromatic N) is 1. The van der Waals surface area contributed by atoms with Crippen molar-refractivity contribution in [2.75, 3.05) is 6.54 Å². The van der Waals surface area contributed by atoms with Gasteiger partial charge in [-0.3, -0.25) is 9.78 Å². The molecule has 2 aromatic heterocycles. The van der Waals surface area contributed by atoms with Crippen LogP contribution in [0.4, 0.5) is 0 Å². The van der Waals surface area contributed by atoms with E-state index in [-0.39, 0.29) is 5.91 Å². The van der Waals surface area contributed by atoms with Crippen LogP contribution in [0.5, 0.6) is 0 Å². The first-order chi connectivity index (χ1) is 9.70. The number of amides is 1. The van der Waals surface area contributed by atoms with E-state index in [0.717, 1.165) is 16.1 Å². The summed E-state index contributed by atoms with van der Waals surface area (Å²) in [6.07, 6.45) is 1.72. The topological polar surface area (TPSA) is 68.0 Å². The number of rotatable bonds is 3. The number of aryl methyl sites for hydroxylation is 1. The predicted molar refractivity (Wildman–Crippen MR) is 80.4 cm³/mol. The van der Waals surface area contributed by atoms with Crippen molar-refractivity contribution in [3.8, 4) is 11.8 Å². The van der Waals surface area contributed by atoms with Gasteiger partial charge in [0.25, 0.3) is 5.91 Å². The quantitative estimate of drug-likeness (QED) is 0.843. The Hall–Kier alpha value is -2.16. The van der Waals surface area contributed by atoms with Crippen molar-refractivity contribution in [3.63, 3.8) is 0 Å². The smallest absolute Gasteiger partial charge is 0.252 e. The van der Waals surface area contributed by atoms with Gasteiger partial charge in [-0.15, -0.1) is 11.3 Å². The highest BCUT2D eigenvalue weighted by molar-refractivity contribution is 7.10. The van der Waals surface area contributed by atoms with Crippen LogP contribution in [0.1, 0.15) is 26.5 Å². The molecular weight excluding hydrogens is 270 g/mol. The fourth-order valence-corrected chi connectivity index (χ4v) is 2.38. The first-order valence-electron chi connectivity index (χ1n) is 6.17. The number of pyridine rings is 1. The molecule has 20 heavy (non-hydrogen) atoms. The second kappa shape index (κ2) is 6.85. The Morgan fingerprint density at radius 2 is 2.40 bits per heavy atom. The number of nitrogens with two attached hydrogens (primary N) is 1. The van der Waals surface area contributed by atoms with E-state index in [9.17, 15) is 4.79 Å². The highest BCUT2D eigenvalue weighted by Gasteiger charge is 2.08. The molecule has 3 N–H and O–H groups in total. The molecule has 0 aliphatic rings. The summed E-state index contributed by atoms with van der Waals surface area (Å²) in [4.78, 5) is 17.1. The van der Waals surface area contributed by atoms with Crippen molar-refractivity contribution >= 4 is 17.2 Å². The van der Waals surface area contributed by atoms with E-state index in [2.05, 4.69) is 22.1 Å². The maximum Gasteiger partial charge on any atom is 0.252 e. The highest BCUT2D eigenvalue weighted by Crippen LogP contribution is 2.13. The molecule has 0 fully saturated rings. The standard InChI is InChI=1S/C15H15N3OS/c1-11-4-3-7-17-14(11)9-18-15(19)12-8-13(20-10-12)5-2-6-16/h3-4,7-8,10H,6,9,16H2,1H3,(H,18,19). The molecule has 0 aliphatic heterocycles. The van der Waals surface area contributed by atoms with E-state index < -0.39 is 0 Å². The SMILES string of the molecule is Cc1cccnc1CNC(=O)c1csc(C#CCN)c1. The molecule has 0 aromatic carbocycles. The van der Waals surface area contributed by atoms with E-state index in [4.69, 9.17) is 5.73 Å². The average molecular weight is 285 g/mol. The number of carbonyl (C=O) groups is 1. The molecule has 1 amide bonds. The summed E-state index contributed by atoms with van der Waals surface area (Å²) >= 11 is 1.44. The van der Waals surface area contributed by atoms with E-state index in [1.54, 1.807) is 17.6 Å². The number of thiophene rings is 1. The third-order valence-corrected chi connectivity index (χ3v) is 3.56. The molecule has 2 aromatic rings. The van der Waals surface area contributed by atoms with Crippen molar-refractivity contribution < 1.29 is 4.79 Å². The van der Waals surface area contributed by atoms with Gasteiger partial charge in [-0.2, -0.15) is 0 Å². The number of nitrogens with one attached hydrogen (secondary N) is 1. The van der Waals surface area contributed by atoms with Gasteiger partial charge in [0.2, 0.25) is 0 Å². The number of hydrogen-bond acceptors (Lipinski definition) is 4. The van der Waals surface area contributed by atoms with Crippen LogP contribution in [0.3, 0.4) is 0 Å². The van der Waals surface area contributed by atoms with Gasteiger partial charge in [0.15, 0.2) is 0 Å². The van der Waals surface area contributed by atoms with Crippen molar-refractivity contribution in [2.24, 2.45) is 5.73 Å². The first kappa shape index (κ1) is 14.3. The lowest BCUT2D eigenvalue weighted by Crippen LogP contribution is -2.23. The Balaban J connectivity index is 1.98. The lowest BCUT2D eigenvalue weighted by Gasteiger charge is -2.05. The highest BCUT2D eigenvalue weighted by atomic mass is 32.1. The Morgan fingerprint density at radius 1 is 1.55 bits per heavy atom. The van der Waals surface area contributed by atoms with Gasteiger partial charge in [-0.25, -0.2) is 0 Å². The molecule has 0 saturated carbocycles. The molecule has 0 bridgehead atoms. The molecule has 0 unspecified atom stereocenters. The average Bonchev–Trinajstić information content (AvgIpc) is 2.93. The third kappa shape index (κ3) is 3.67. The van der Waals surface area contributed by atoms with Gasteiger partial charge in [-0.1, -0.05) is 17.9 Å². The Bertz CT molecular complexity index is 667. The van der Waals surface area contributed by atoms with E-state index in [1.807, 2.05) is 19.1 Å². The zero-order chi connectivity index (χ0) is 14.4. The van der Waals surface area contributed by atoms with Crippen LogP contribution < -0.4 is 11.1 Å². The van der Waals surface area contributed by atoms with Crippen LogP contribution >= 0.6 is 11.3 Å². The van der Waals surface area contributed by atoms with Gasteiger partial charge in [0, 0.05) is 11.6 Å². The minimum absolute atomic E-state index is 0.118. The summed E-state index contributed by atoms with van der Waals surface area (Å²) in [5, 5.41) is 4.65. The van der Waals surface area contributed by atoms with Crippen LogP contribution in [0.25, 0.3) is 0 Å². The van der Waals surface area contributed by atoms with Gasteiger partial charge in [0.1, 0.15) is 0 Å². The Labute approximate surface area is 122 Å². The first-order valence-corrected chi connectivity index (χ1v) is 7.05. The van der Waals surface area contributed by atoms with Crippen LogP contribution in [0.2, 0.25) is 0 Å². The maximum absolute atomic E-state index is 12.0. The van der Waals surface area contributed by atoms with Crippen LogP contribution in [0, 0.1) is 18.8 Å². The summed E-state index contributed by atoms with van der Waals surface area (Å²) in [5.41, 5.74) is 7.87. The number of aromatic nitrogens is 1. The lowest BCUT2D eigenvalue weighted by molar-refractivity contribution is 0.0951. The summed E-state index contributed by atoms with van der Waals surface area (Å²) in [6, 6.07) is 5.62. The van der Waals surface area contributed by atoms with E-state index in [1.165, 1.54) is 11.3 Å². The molecular formula is C15H15N3OS. The maximum atomic E-state index is 12.0. The normalized spacial score (nSPS) is 9.70. The summed E-state index contributed by atoms with van der Waals surface area (Å²) in [5.74, 6) is 5.56. The summed E-state index contributed by atoms with van der Waals surface area (Å²) < 4.78 is 0. The molecule has 0 saturated heterocycles. The molecule has 5 heteroatoms. The van der Waals surface area contributed by atoms with Gasteiger partial charge < -0.3 is 11.1 Å². The number of hydrogen-bond donors (Lipinski definition) is 2. The fraction of sp³-hybridized carbons (Fsp3) is 0.200. The van der Waals surface area contributed by atoms with Gasteiger partial charge >= 0.3 is 0 Å². The molecule has 0 radical (unpaired) electrons. The zero-order valence-electron chi connectivity index (χ0n) is 11.1. The molecule has 0 spiro atoms. The third-order valence-electron chi connectivity index (χ3n) is 2.71. The van der Waals surface area contributed by atoms with Crippen molar-refractivity contribution in [2.45, 2.75) is 13.5 Å². The Morgan fingerprint density at radius 3 is 3.15 bits per heavy atom. The molecule has 4 nitrogen and oxygen atoms in total. The van der Waals surface area contributed by atoms with Gasteiger partial charge in [-0.05, 0) is 24.6 Å². The van der Waals surface area contributed by atoms with Crippen LogP contribution in [0.15, 0.2) is 29.8 Å². The second-order valence-electron chi connectivity index (χ2n) is 4.16. The predicted octanol–water partition coefficient (Wildman–Crippen LogP) is 1.69. The minimum atomic E-state index is -0.118. The fourth-order valence-electron chi connectivity index (χ4n) is 1.63. The van der Waals surface area contributed by atoms with E-state index >= 15 is 0 Å². The van der Waals surface area contributed by atoms with Crippen molar-refractivity contribution in [1.29, 1.82) is 0 Å².